The summed E-state index contributed by atoms with van der Waals surface area (Å²) in [7, 11) is 4.07. The van der Waals surface area contributed by atoms with Crippen molar-refractivity contribution in [2.75, 3.05) is 42.3 Å². The lowest BCUT2D eigenvalue weighted by atomic mass is 10.0. The van der Waals surface area contributed by atoms with E-state index in [0.717, 1.165) is 18.7 Å². The lowest BCUT2D eigenvalue weighted by Gasteiger charge is -2.31. The molecular weight excluding hydrogens is 408 g/mol. The number of amides is 2. The molecule has 2 N–H and O–H groups in total. The lowest BCUT2D eigenvalue weighted by Crippen LogP contribution is -2.39. The van der Waals surface area contributed by atoms with Crippen molar-refractivity contribution in [1.29, 1.82) is 0 Å². The van der Waals surface area contributed by atoms with E-state index in [-0.39, 0.29) is 12.1 Å². The third-order valence-corrected chi connectivity index (χ3v) is 5.90. The minimum absolute atomic E-state index is 0.0378. The van der Waals surface area contributed by atoms with Gasteiger partial charge in [0.25, 0.3) is 0 Å². The molecule has 6 heteroatoms. The van der Waals surface area contributed by atoms with Gasteiger partial charge in [-0.25, -0.2) is 4.79 Å². The van der Waals surface area contributed by atoms with Crippen molar-refractivity contribution in [2.24, 2.45) is 0 Å². The molecular formula is C25H27ClN4O. The smallest absolute Gasteiger partial charge is 0.319 e. The second kappa shape index (κ2) is 9.31. The summed E-state index contributed by atoms with van der Waals surface area (Å²) in [5.41, 5.74) is 5.62. The molecule has 1 aliphatic rings. The van der Waals surface area contributed by atoms with Crippen molar-refractivity contribution in [3.8, 4) is 0 Å². The number of halogens is 1. The lowest BCUT2D eigenvalue weighted by molar-refractivity contribution is 0.251. The molecule has 1 heterocycles. The van der Waals surface area contributed by atoms with Gasteiger partial charge >= 0.3 is 6.03 Å². The van der Waals surface area contributed by atoms with Gasteiger partial charge in [-0.05, 0) is 60.0 Å². The minimum atomic E-state index is -0.232. The van der Waals surface area contributed by atoms with Gasteiger partial charge in [0, 0.05) is 49.3 Å². The molecule has 5 nitrogen and oxygen atoms in total. The van der Waals surface area contributed by atoms with Crippen LogP contribution in [0.5, 0.6) is 0 Å². The standard InChI is InChI=1S/C25H27ClN4O/c1-29(2)22-13-7-19(8-14-22)24(30-16-15-18-5-3-4-6-23(18)30)17-27-25(31)28-21-11-9-20(26)10-12-21/h3-14,24H,15-17H2,1-2H3,(H2,27,28,31)/t24-/m0/s1. The molecule has 160 valence electrons. The topological polar surface area (TPSA) is 47.6 Å². The average molecular weight is 435 g/mol. The number of nitrogens with one attached hydrogen (secondary N) is 2. The van der Waals surface area contributed by atoms with E-state index in [0.29, 0.717) is 17.3 Å². The van der Waals surface area contributed by atoms with Crippen LogP contribution in [0.1, 0.15) is 17.2 Å². The Morgan fingerprint density at radius 2 is 1.74 bits per heavy atom. The highest BCUT2D eigenvalue weighted by molar-refractivity contribution is 6.30. The van der Waals surface area contributed by atoms with Crippen LogP contribution in [-0.2, 0) is 6.42 Å². The summed E-state index contributed by atoms with van der Waals surface area (Å²) >= 11 is 5.93. The Hall–Kier alpha value is -3.18. The van der Waals surface area contributed by atoms with Crippen molar-refractivity contribution in [3.05, 3.63) is 88.9 Å². The van der Waals surface area contributed by atoms with E-state index in [1.54, 1.807) is 24.3 Å². The number of carbonyl (C=O) groups excluding carboxylic acids is 1. The van der Waals surface area contributed by atoms with E-state index in [1.807, 2.05) is 14.1 Å². The highest BCUT2D eigenvalue weighted by Crippen LogP contribution is 2.35. The van der Waals surface area contributed by atoms with Crippen molar-refractivity contribution < 1.29 is 4.79 Å². The molecule has 0 unspecified atom stereocenters. The Morgan fingerprint density at radius 3 is 2.45 bits per heavy atom. The zero-order chi connectivity index (χ0) is 21.8. The van der Waals surface area contributed by atoms with Gasteiger partial charge in [-0.15, -0.1) is 0 Å². The van der Waals surface area contributed by atoms with Crippen molar-refractivity contribution in [3.63, 3.8) is 0 Å². The van der Waals surface area contributed by atoms with Gasteiger partial charge in [0.2, 0.25) is 0 Å². The summed E-state index contributed by atoms with van der Waals surface area (Å²) < 4.78 is 0. The first-order chi connectivity index (χ1) is 15.0. The van der Waals surface area contributed by atoms with Crippen LogP contribution >= 0.6 is 11.6 Å². The number of fused-ring (bicyclic) bond motifs is 1. The maximum atomic E-state index is 12.6. The first kappa shape index (κ1) is 21.1. The number of rotatable bonds is 6. The Labute approximate surface area is 188 Å². The van der Waals surface area contributed by atoms with E-state index in [9.17, 15) is 4.79 Å². The molecule has 3 aromatic rings. The van der Waals surface area contributed by atoms with Crippen LogP contribution in [0, 0.1) is 0 Å². The highest BCUT2D eigenvalue weighted by Gasteiger charge is 2.27. The van der Waals surface area contributed by atoms with Gasteiger partial charge in [-0.1, -0.05) is 41.9 Å². The molecule has 2 amide bonds. The largest absolute Gasteiger partial charge is 0.378 e. The van der Waals surface area contributed by atoms with Gasteiger partial charge in [0.15, 0.2) is 0 Å². The van der Waals surface area contributed by atoms with Gasteiger partial charge in [-0.3, -0.25) is 0 Å². The van der Waals surface area contributed by atoms with Crippen LogP contribution in [0.3, 0.4) is 0 Å². The molecule has 0 aromatic heterocycles. The van der Waals surface area contributed by atoms with Crippen molar-refractivity contribution in [2.45, 2.75) is 12.5 Å². The molecule has 0 bridgehead atoms. The Kier molecular flexibility index (Phi) is 6.33. The van der Waals surface area contributed by atoms with Crippen LogP contribution < -0.4 is 20.4 Å². The normalized spacial score (nSPS) is 13.5. The fourth-order valence-electron chi connectivity index (χ4n) is 3.99. The molecule has 3 aromatic carbocycles. The van der Waals surface area contributed by atoms with Crippen LogP contribution in [0.2, 0.25) is 5.02 Å². The third-order valence-electron chi connectivity index (χ3n) is 5.65. The molecule has 0 aliphatic carbocycles. The number of hydrogen-bond donors (Lipinski definition) is 2. The van der Waals surface area contributed by atoms with Crippen molar-refractivity contribution in [1.82, 2.24) is 5.32 Å². The molecule has 1 aliphatic heterocycles. The van der Waals surface area contributed by atoms with E-state index < -0.39 is 0 Å². The van der Waals surface area contributed by atoms with E-state index in [2.05, 4.69) is 69.0 Å². The number of benzene rings is 3. The molecule has 31 heavy (non-hydrogen) atoms. The quantitative estimate of drug-likeness (QED) is 0.551. The number of hydrogen-bond acceptors (Lipinski definition) is 3. The molecule has 0 saturated carbocycles. The SMILES string of the molecule is CN(C)c1ccc([C@H](CNC(=O)Nc2ccc(Cl)cc2)N2CCc3ccccc32)cc1. The first-order valence-electron chi connectivity index (χ1n) is 10.4. The number of para-hydroxylation sites is 1. The van der Waals surface area contributed by atoms with Crippen LogP contribution in [0.25, 0.3) is 0 Å². The van der Waals surface area contributed by atoms with E-state index >= 15 is 0 Å². The maximum Gasteiger partial charge on any atom is 0.319 e. The van der Waals surface area contributed by atoms with Crippen LogP contribution in [0.15, 0.2) is 72.8 Å². The molecule has 0 saturated heterocycles. The summed E-state index contributed by atoms with van der Waals surface area (Å²) in [4.78, 5) is 17.0. The molecule has 0 spiro atoms. The minimum Gasteiger partial charge on any atom is -0.378 e. The number of carbonyl (C=O) groups is 1. The van der Waals surface area contributed by atoms with Gasteiger partial charge in [0.05, 0.1) is 6.04 Å². The van der Waals surface area contributed by atoms with Gasteiger partial charge in [0.1, 0.15) is 0 Å². The first-order valence-corrected chi connectivity index (χ1v) is 10.8. The molecule has 1 atom stereocenters. The average Bonchev–Trinajstić information content (AvgIpc) is 3.20. The van der Waals surface area contributed by atoms with Crippen LogP contribution in [0.4, 0.5) is 21.9 Å². The molecule has 0 radical (unpaired) electrons. The Balaban J connectivity index is 1.52. The Morgan fingerprint density at radius 1 is 1.03 bits per heavy atom. The van der Waals surface area contributed by atoms with Crippen LogP contribution in [-0.4, -0.2) is 33.2 Å². The predicted octanol–water partition coefficient (Wildman–Crippen LogP) is 5.33. The van der Waals surface area contributed by atoms with Gasteiger partial charge in [-0.2, -0.15) is 0 Å². The monoisotopic (exact) mass is 434 g/mol. The number of anilines is 3. The number of nitrogens with zero attached hydrogens (tertiary/aromatic N) is 2. The van der Waals surface area contributed by atoms with E-state index in [4.69, 9.17) is 11.6 Å². The van der Waals surface area contributed by atoms with E-state index in [1.165, 1.54) is 16.8 Å². The number of urea groups is 1. The fraction of sp³-hybridized carbons (Fsp3) is 0.240. The summed E-state index contributed by atoms with van der Waals surface area (Å²) in [6.07, 6.45) is 1.01. The zero-order valence-corrected chi connectivity index (χ0v) is 18.6. The summed E-state index contributed by atoms with van der Waals surface area (Å²) in [5, 5.41) is 6.57. The zero-order valence-electron chi connectivity index (χ0n) is 17.8. The predicted molar refractivity (Wildman–Crippen MR) is 129 cm³/mol. The highest BCUT2D eigenvalue weighted by atomic mass is 35.5. The summed E-state index contributed by atoms with van der Waals surface area (Å²) in [6, 6.07) is 24.0. The summed E-state index contributed by atoms with van der Waals surface area (Å²) in [5.74, 6) is 0. The summed E-state index contributed by atoms with van der Waals surface area (Å²) in [6.45, 7) is 1.43. The van der Waals surface area contributed by atoms with Crippen molar-refractivity contribution >= 4 is 34.7 Å². The second-order valence-corrected chi connectivity index (χ2v) is 8.35. The molecule has 4 rings (SSSR count). The third kappa shape index (κ3) is 4.94. The maximum absolute atomic E-state index is 12.6. The van der Waals surface area contributed by atoms with Gasteiger partial charge < -0.3 is 20.4 Å². The Bertz CT molecular complexity index is 1030. The second-order valence-electron chi connectivity index (χ2n) is 7.92. The molecule has 0 fully saturated rings. The fourth-order valence-corrected chi connectivity index (χ4v) is 4.11.